The minimum atomic E-state index is -0.743. The van der Waals surface area contributed by atoms with Gasteiger partial charge in [-0.25, -0.2) is 0 Å². The molecular weight excluding hydrogens is 448 g/mol. The Labute approximate surface area is 203 Å². The lowest BCUT2D eigenvalue weighted by atomic mass is 9.72. The molecule has 0 radical (unpaired) electrons. The number of methoxy groups -OCH3 is 2. The number of ether oxygens (including phenoxy) is 2. The van der Waals surface area contributed by atoms with E-state index < -0.39 is 5.41 Å². The van der Waals surface area contributed by atoms with Gasteiger partial charge < -0.3 is 19.2 Å². The number of amides is 3. The van der Waals surface area contributed by atoms with E-state index in [0.29, 0.717) is 48.6 Å². The van der Waals surface area contributed by atoms with Crippen LogP contribution in [0.15, 0.2) is 59.0 Å². The molecular formula is C27H28N2O6. The van der Waals surface area contributed by atoms with E-state index in [-0.39, 0.29) is 23.5 Å². The van der Waals surface area contributed by atoms with Gasteiger partial charge in [0.05, 0.1) is 19.6 Å². The van der Waals surface area contributed by atoms with Gasteiger partial charge in [0.2, 0.25) is 11.8 Å². The van der Waals surface area contributed by atoms with Crippen LogP contribution in [0.4, 0.5) is 5.69 Å². The van der Waals surface area contributed by atoms with Crippen LogP contribution >= 0.6 is 0 Å². The molecule has 0 spiro atoms. The van der Waals surface area contributed by atoms with Gasteiger partial charge in [0.1, 0.15) is 17.3 Å². The molecule has 3 amide bonds. The quantitative estimate of drug-likeness (QED) is 0.472. The summed E-state index contributed by atoms with van der Waals surface area (Å²) >= 11 is 0. The number of furan rings is 1. The van der Waals surface area contributed by atoms with Crippen molar-refractivity contribution in [2.75, 3.05) is 19.5 Å². The maximum absolute atomic E-state index is 12.7. The number of hydrogen-bond acceptors (Lipinski definition) is 6. The predicted octanol–water partition coefficient (Wildman–Crippen LogP) is 4.22. The SMILES string of the molecule is CCC1(c2ccc(NC(=O)c3ccc(Cc4cc(OC)ccc4OC)o3)cc2)CCC(=O)NC1=O. The van der Waals surface area contributed by atoms with Gasteiger partial charge in [-0.1, -0.05) is 19.1 Å². The first-order chi connectivity index (χ1) is 16.9. The van der Waals surface area contributed by atoms with Crippen LogP contribution in [0.2, 0.25) is 0 Å². The number of imide groups is 1. The number of carbonyl (C=O) groups is 3. The summed E-state index contributed by atoms with van der Waals surface area (Å²) in [6.45, 7) is 1.93. The first kappa shape index (κ1) is 24.1. The summed E-state index contributed by atoms with van der Waals surface area (Å²) in [5.74, 6) is 1.30. The fourth-order valence-electron chi connectivity index (χ4n) is 4.43. The van der Waals surface area contributed by atoms with Crippen LogP contribution in [0.3, 0.4) is 0 Å². The smallest absolute Gasteiger partial charge is 0.291 e. The van der Waals surface area contributed by atoms with Crippen molar-refractivity contribution in [2.24, 2.45) is 0 Å². The Hall–Kier alpha value is -4.07. The number of anilines is 1. The van der Waals surface area contributed by atoms with E-state index in [2.05, 4.69) is 10.6 Å². The minimum Gasteiger partial charge on any atom is -0.497 e. The third-order valence-electron chi connectivity index (χ3n) is 6.50. The zero-order valence-electron chi connectivity index (χ0n) is 20.0. The van der Waals surface area contributed by atoms with Crippen LogP contribution in [0, 0.1) is 0 Å². The number of hydrogen-bond donors (Lipinski definition) is 2. The van der Waals surface area contributed by atoms with Crippen LogP contribution < -0.4 is 20.1 Å². The Morgan fingerprint density at radius 1 is 1.06 bits per heavy atom. The van der Waals surface area contributed by atoms with Crippen molar-refractivity contribution in [1.29, 1.82) is 0 Å². The molecule has 1 aliphatic heterocycles. The van der Waals surface area contributed by atoms with E-state index in [9.17, 15) is 14.4 Å². The summed E-state index contributed by atoms with van der Waals surface area (Å²) < 4.78 is 16.5. The number of carbonyl (C=O) groups excluding carboxylic acids is 3. The summed E-state index contributed by atoms with van der Waals surface area (Å²) in [6.07, 6.45) is 1.78. The molecule has 8 heteroatoms. The lowest BCUT2D eigenvalue weighted by Crippen LogP contribution is -2.51. The zero-order valence-corrected chi connectivity index (χ0v) is 20.0. The topological polar surface area (TPSA) is 107 Å². The van der Waals surface area contributed by atoms with E-state index in [0.717, 1.165) is 11.1 Å². The van der Waals surface area contributed by atoms with Gasteiger partial charge in [-0.3, -0.25) is 19.7 Å². The van der Waals surface area contributed by atoms with Crippen LogP contribution in [0.1, 0.15) is 53.6 Å². The van der Waals surface area contributed by atoms with Crippen LogP contribution in [0.5, 0.6) is 11.5 Å². The molecule has 1 atom stereocenters. The van der Waals surface area contributed by atoms with Crippen molar-refractivity contribution in [1.82, 2.24) is 5.32 Å². The van der Waals surface area contributed by atoms with E-state index in [4.69, 9.17) is 13.9 Å². The van der Waals surface area contributed by atoms with Crippen LogP contribution in [-0.2, 0) is 21.4 Å². The number of piperidine rings is 1. The highest BCUT2D eigenvalue weighted by molar-refractivity contribution is 6.04. The summed E-state index contributed by atoms with van der Waals surface area (Å²) in [5.41, 5.74) is 1.52. The Morgan fingerprint density at radius 3 is 2.49 bits per heavy atom. The normalized spacial score (nSPS) is 17.6. The van der Waals surface area contributed by atoms with Crippen LogP contribution in [-0.4, -0.2) is 31.9 Å². The second kappa shape index (κ2) is 10.0. The fraction of sp³-hybridized carbons (Fsp3) is 0.296. The second-order valence-corrected chi connectivity index (χ2v) is 8.46. The molecule has 182 valence electrons. The van der Waals surface area contributed by atoms with Gasteiger partial charge in [0.15, 0.2) is 5.76 Å². The van der Waals surface area contributed by atoms with Crippen molar-refractivity contribution in [3.8, 4) is 11.5 Å². The molecule has 1 unspecified atom stereocenters. The van der Waals surface area contributed by atoms with Gasteiger partial charge in [0, 0.05) is 24.1 Å². The highest BCUT2D eigenvalue weighted by Crippen LogP contribution is 2.36. The van der Waals surface area contributed by atoms with Crippen molar-refractivity contribution in [3.63, 3.8) is 0 Å². The largest absolute Gasteiger partial charge is 0.497 e. The lowest BCUT2D eigenvalue weighted by Gasteiger charge is -2.35. The summed E-state index contributed by atoms with van der Waals surface area (Å²) in [7, 11) is 3.19. The molecule has 0 aliphatic carbocycles. The molecule has 2 heterocycles. The van der Waals surface area contributed by atoms with Crippen molar-refractivity contribution in [3.05, 3.63) is 77.2 Å². The third kappa shape index (κ3) is 4.91. The zero-order chi connectivity index (χ0) is 25.0. The van der Waals surface area contributed by atoms with Gasteiger partial charge in [-0.05, 0) is 60.9 Å². The van der Waals surface area contributed by atoms with Crippen LogP contribution in [0.25, 0.3) is 0 Å². The number of rotatable bonds is 8. The summed E-state index contributed by atoms with van der Waals surface area (Å²) in [6, 6.07) is 16.0. The Morgan fingerprint density at radius 2 is 1.83 bits per heavy atom. The first-order valence-electron chi connectivity index (χ1n) is 11.4. The maximum atomic E-state index is 12.7. The van der Waals surface area contributed by atoms with E-state index in [1.807, 2.05) is 37.3 Å². The molecule has 35 heavy (non-hydrogen) atoms. The van der Waals surface area contributed by atoms with E-state index in [1.54, 1.807) is 38.5 Å². The first-order valence-corrected chi connectivity index (χ1v) is 11.4. The second-order valence-electron chi connectivity index (χ2n) is 8.46. The van der Waals surface area contributed by atoms with Gasteiger partial charge >= 0.3 is 0 Å². The molecule has 2 aromatic carbocycles. The molecule has 2 N–H and O–H groups in total. The molecule has 1 saturated heterocycles. The van der Waals surface area contributed by atoms with Gasteiger partial charge in [-0.15, -0.1) is 0 Å². The summed E-state index contributed by atoms with van der Waals surface area (Å²) in [5, 5.41) is 5.27. The number of benzene rings is 2. The maximum Gasteiger partial charge on any atom is 0.291 e. The Kier molecular flexibility index (Phi) is 6.91. The minimum absolute atomic E-state index is 0.182. The molecule has 1 aromatic heterocycles. The highest BCUT2D eigenvalue weighted by atomic mass is 16.5. The molecule has 8 nitrogen and oxygen atoms in total. The Bertz CT molecular complexity index is 1250. The van der Waals surface area contributed by atoms with E-state index >= 15 is 0 Å². The standard InChI is InChI=1S/C27H28N2O6/c1-4-27(14-13-24(30)29-26(27)32)18-5-7-19(8-6-18)28-25(31)23-12-10-21(35-23)16-17-15-20(33-2)9-11-22(17)34-3/h5-12,15H,4,13-14,16H2,1-3H3,(H,28,31)(H,29,30,32). The van der Waals surface area contributed by atoms with Gasteiger partial charge in [0.25, 0.3) is 5.91 Å². The fourth-order valence-corrected chi connectivity index (χ4v) is 4.43. The monoisotopic (exact) mass is 476 g/mol. The molecule has 3 aromatic rings. The molecule has 1 fully saturated rings. The third-order valence-corrected chi connectivity index (χ3v) is 6.50. The number of nitrogens with one attached hydrogen (secondary N) is 2. The van der Waals surface area contributed by atoms with Gasteiger partial charge in [-0.2, -0.15) is 0 Å². The van der Waals surface area contributed by atoms with E-state index in [1.165, 1.54) is 0 Å². The van der Waals surface area contributed by atoms with Crippen molar-refractivity contribution >= 4 is 23.4 Å². The van der Waals surface area contributed by atoms with Crippen molar-refractivity contribution < 1.29 is 28.3 Å². The predicted molar refractivity (Wildman–Crippen MR) is 130 cm³/mol. The molecule has 4 rings (SSSR count). The summed E-state index contributed by atoms with van der Waals surface area (Å²) in [4.78, 5) is 36.9. The molecule has 0 saturated carbocycles. The highest BCUT2D eigenvalue weighted by Gasteiger charge is 2.42. The Balaban J connectivity index is 1.45. The average Bonchev–Trinajstić information content (AvgIpc) is 3.34. The molecule has 1 aliphatic rings. The average molecular weight is 477 g/mol. The molecule has 0 bridgehead atoms. The lowest BCUT2D eigenvalue weighted by molar-refractivity contribution is -0.138. The van der Waals surface area contributed by atoms with Crippen molar-refractivity contribution in [2.45, 2.75) is 38.0 Å².